The van der Waals surface area contributed by atoms with Gasteiger partial charge in [-0.25, -0.2) is 0 Å². The first-order valence-corrected chi connectivity index (χ1v) is 9.22. The van der Waals surface area contributed by atoms with Crippen LogP contribution in [0.3, 0.4) is 0 Å². The molecule has 2 saturated heterocycles. The van der Waals surface area contributed by atoms with E-state index in [1.165, 1.54) is 6.42 Å². The lowest BCUT2D eigenvalue weighted by Gasteiger charge is -2.23. The van der Waals surface area contributed by atoms with Crippen LogP contribution in [0.5, 0.6) is 5.75 Å². The summed E-state index contributed by atoms with van der Waals surface area (Å²) in [5.41, 5.74) is 1.14. The van der Waals surface area contributed by atoms with Gasteiger partial charge in [-0.1, -0.05) is 12.1 Å². The Bertz CT molecular complexity index is 593. The largest absolute Gasteiger partial charge is 0.491 e. The Hall–Kier alpha value is -1.79. The molecule has 2 fully saturated rings. The molecule has 0 amide bonds. The lowest BCUT2D eigenvalue weighted by atomic mass is 9.96. The molecule has 6 nitrogen and oxygen atoms in total. The zero-order valence-electron chi connectivity index (χ0n) is 15.1. The number of benzene rings is 1. The van der Waals surface area contributed by atoms with E-state index in [4.69, 9.17) is 9.47 Å². The minimum absolute atomic E-state index is 0.226. The molecular weight excluding hydrogens is 318 g/mol. The van der Waals surface area contributed by atoms with Crippen LogP contribution in [0.1, 0.15) is 31.7 Å². The molecule has 6 heteroatoms. The van der Waals surface area contributed by atoms with Crippen molar-refractivity contribution in [2.75, 3.05) is 19.7 Å². The van der Waals surface area contributed by atoms with Crippen LogP contribution in [0.2, 0.25) is 0 Å². The van der Waals surface area contributed by atoms with Crippen LogP contribution in [0.25, 0.3) is 0 Å². The Kier molecular flexibility index (Phi) is 6.15. The molecule has 2 heterocycles. The van der Waals surface area contributed by atoms with Gasteiger partial charge in [0.15, 0.2) is 5.96 Å². The Balaban J connectivity index is 1.47. The third kappa shape index (κ3) is 5.09. The molecular formula is C19H29N3O3. The summed E-state index contributed by atoms with van der Waals surface area (Å²) >= 11 is 0. The SMILES string of the molecule is CCNC(=NCC(O)COc1cccc(C)c1)NC1CC2CCC1O2. The number of hydrogen-bond acceptors (Lipinski definition) is 4. The van der Waals surface area contributed by atoms with Crippen molar-refractivity contribution < 1.29 is 14.6 Å². The van der Waals surface area contributed by atoms with Gasteiger partial charge < -0.3 is 25.2 Å². The number of fused-ring (bicyclic) bond motifs is 2. The van der Waals surface area contributed by atoms with E-state index in [1.807, 2.05) is 38.1 Å². The maximum Gasteiger partial charge on any atom is 0.191 e. The molecule has 0 radical (unpaired) electrons. The standard InChI is InChI=1S/C19H29N3O3/c1-3-20-19(22-17-10-16-7-8-18(17)25-16)21-11-14(23)12-24-15-6-4-5-13(2)9-15/h4-6,9,14,16-18,23H,3,7-8,10-12H2,1-2H3,(H2,20,21,22). The molecule has 25 heavy (non-hydrogen) atoms. The highest BCUT2D eigenvalue weighted by Gasteiger charge is 2.41. The summed E-state index contributed by atoms with van der Waals surface area (Å²) in [6, 6.07) is 8.12. The van der Waals surface area contributed by atoms with Gasteiger partial charge in [-0.05, 0) is 50.8 Å². The first kappa shape index (κ1) is 18.0. The smallest absolute Gasteiger partial charge is 0.191 e. The number of aliphatic hydroxyl groups excluding tert-OH is 1. The van der Waals surface area contributed by atoms with Gasteiger partial charge in [-0.15, -0.1) is 0 Å². The van der Waals surface area contributed by atoms with E-state index in [1.54, 1.807) is 0 Å². The first-order chi connectivity index (χ1) is 12.1. The maximum atomic E-state index is 10.2. The van der Waals surface area contributed by atoms with Crippen molar-refractivity contribution in [3.63, 3.8) is 0 Å². The van der Waals surface area contributed by atoms with Gasteiger partial charge in [-0.3, -0.25) is 4.99 Å². The molecule has 2 aliphatic rings. The molecule has 3 N–H and O–H groups in total. The molecule has 0 spiro atoms. The molecule has 4 atom stereocenters. The molecule has 0 saturated carbocycles. The van der Waals surface area contributed by atoms with E-state index in [0.717, 1.165) is 36.7 Å². The highest BCUT2D eigenvalue weighted by atomic mass is 16.5. The molecule has 2 bridgehead atoms. The number of ether oxygens (including phenoxy) is 2. The topological polar surface area (TPSA) is 75.1 Å². The van der Waals surface area contributed by atoms with Crippen LogP contribution in [0.15, 0.2) is 29.3 Å². The summed E-state index contributed by atoms with van der Waals surface area (Å²) < 4.78 is 11.5. The van der Waals surface area contributed by atoms with Gasteiger partial charge in [0.05, 0.1) is 24.8 Å². The van der Waals surface area contributed by atoms with Crippen LogP contribution in [0.4, 0.5) is 0 Å². The number of guanidine groups is 1. The molecule has 0 aliphatic carbocycles. The normalized spacial score (nSPS) is 26.5. The number of aliphatic hydroxyl groups is 1. The van der Waals surface area contributed by atoms with Crippen molar-refractivity contribution >= 4 is 5.96 Å². The van der Waals surface area contributed by atoms with Crippen molar-refractivity contribution in [3.8, 4) is 5.75 Å². The third-order valence-electron chi connectivity index (χ3n) is 4.66. The number of hydrogen-bond donors (Lipinski definition) is 3. The maximum absolute atomic E-state index is 10.2. The van der Waals surface area contributed by atoms with Gasteiger partial charge in [-0.2, -0.15) is 0 Å². The monoisotopic (exact) mass is 347 g/mol. The lowest BCUT2D eigenvalue weighted by Crippen LogP contribution is -2.47. The molecule has 138 valence electrons. The Morgan fingerprint density at radius 1 is 1.44 bits per heavy atom. The predicted octanol–water partition coefficient (Wildman–Crippen LogP) is 1.61. The summed E-state index contributed by atoms with van der Waals surface area (Å²) in [4.78, 5) is 4.50. The minimum Gasteiger partial charge on any atom is -0.491 e. The van der Waals surface area contributed by atoms with Crippen LogP contribution >= 0.6 is 0 Å². The fourth-order valence-corrected chi connectivity index (χ4v) is 3.43. The van der Waals surface area contributed by atoms with Gasteiger partial charge in [0.1, 0.15) is 18.5 Å². The fourth-order valence-electron chi connectivity index (χ4n) is 3.43. The molecule has 3 rings (SSSR count). The number of nitrogens with zero attached hydrogens (tertiary/aromatic N) is 1. The highest BCUT2D eigenvalue weighted by molar-refractivity contribution is 5.80. The summed E-state index contributed by atoms with van der Waals surface area (Å²) in [6.07, 6.45) is 3.38. The zero-order chi connectivity index (χ0) is 17.6. The second kappa shape index (κ2) is 8.54. The van der Waals surface area contributed by atoms with Gasteiger partial charge in [0.2, 0.25) is 0 Å². The second-order valence-corrected chi connectivity index (χ2v) is 6.86. The Morgan fingerprint density at radius 3 is 3.00 bits per heavy atom. The predicted molar refractivity (Wildman–Crippen MR) is 98.1 cm³/mol. The fraction of sp³-hybridized carbons (Fsp3) is 0.632. The van der Waals surface area contributed by atoms with E-state index >= 15 is 0 Å². The minimum atomic E-state index is -0.646. The van der Waals surface area contributed by atoms with Crippen molar-refractivity contribution in [2.45, 2.75) is 57.5 Å². The molecule has 0 aromatic heterocycles. The molecule has 2 aliphatic heterocycles. The Morgan fingerprint density at radius 2 is 2.32 bits per heavy atom. The third-order valence-corrected chi connectivity index (χ3v) is 4.66. The van der Waals surface area contributed by atoms with E-state index in [0.29, 0.717) is 24.8 Å². The van der Waals surface area contributed by atoms with E-state index in [2.05, 4.69) is 15.6 Å². The highest BCUT2D eigenvalue weighted by Crippen LogP contribution is 2.34. The Labute approximate surface area is 149 Å². The summed E-state index contributed by atoms with van der Waals surface area (Å²) in [7, 11) is 0. The van der Waals surface area contributed by atoms with Crippen LogP contribution in [-0.2, 0) is 4.74 Å². The van der Waals surface area contributed by atoms with Crippen LogP contribution in [0, 0.1) is 6.92 Å². The van der Waals surface area contributed by atoms with Crippen molar-refractivity contribution in [2.24, 2.45) is 4.99 Å². The van der Waals surface area contributed by atoms with Gasteiger partial charge in [0, 0.05) is 6.54 Å². The van der Waals surface area contributed by atoms with E-state index in [9.17, 15) is 5.11 Å². The summed E-state index contributed by atoms with van der Waals surface area (Å²) in [5, 5.41) is 16.8. The number of aliphatic imine (C=N–C) groups is 1. The summed E-state index contributed by atoms with van der Waals surface area (Å²) in [5.74, 6) is 1.51. The average molecular weight is 347 g/mol. The summed E-state index contributed by atoms with van der Waals surface area (Å²) in [6.45, 7) is 5.35. The molecule has 1 aromatic rings. The first-order valence-electron chi connectivity index (χ1n) is 9.22. The molecule has 1 aromatic carbocycles. The van der Waals surface area contributed by atoms with Gasteiger partial charge in [0.25, 0.3) is 0 Å². The lowest BCUT2D eigenvalue weighted by molar-refractivity contribution is 0.0991. The number of nitrogens with one attached hydrogen (secondary N) is 2. The zero-order valence-corrected chi connectivity index (χ0v) is 15.1. The van der Waals surface area contributed by atoms with Crippen molar-refractivity contribution in [1.29, 1.82) is 0 Å². The second-order valence-electron chi connectivity index (χ2n) is 6.86. The number of aryl methyl sites for hydroxylation is 1. The molecule has 4 unspecified atom stereocenters. The van der Waals surface area contributed by atoms with E-state index < -0.39 is 6.10 Å². The van der Waals surface area contributed by atoms with Crippen LogP contribution < -0.4 is 15.4 Å². The van der Waals surface area contributed by atoms with E-state index in [-0.39, 0.29) is 6.61 Å². The van der Waals surface area contributed by atoms with Crippen molar-refractivity contribution in [1.82, 2.24) is 10.6 Å². The van der Waals surface area contributed by atoms with Crippen molar-refractivity contribution in [3.05, 3.63) is 29.8 Å². The number of rotatable bonds is 7. The van der Waals surface area contributed by atoms with Crippen LogP contribution in [-0.4, -0.2) is 55.1 Å². The quantitative estimate of drug-likeness (QED) is 0.516. The average Bonchev–Trinajstić information content (AvgIpc) is 3.21. The van der Waals surface area contributed by atoms with Gasteiger partial charge >= 0.3 is 0 Å².